The first kappa shape index (κ1) is 10.9. The molecule has 0 spiro atoms. The Hall–Kier alpha value is -0.220. The van der Waals surface area contributed by atoms with Crippen molar-refractivity contribution in [1.29, 1.82) is 0 Å². The van der Waals surface area contributed by atoms with Gasteiger partial charge in [-0.05, 0) is 6.42 Å². The van der Waals surface area contributed by atoms with Crippen LogP contribution in [0.15, 0.2) is 0 Å². The van der Waals surface area contributed by atoms with Crippen LogP contribution in [0.3, 0.4) is 0 Å². The van der Waals surface area contributed by atoms with Gasteiger partial charge >= 0.3 is 0 Å². The number of hydrogen-bond donors (Lipinski definition) is 1. The minimum Gasteiger partial charge on any atom is -0.370 e. The van der Waals surface area contributed by atoms with E-state index in [9.17, 15) is 4.79 Å². The molecule has 0 saturated carbocycles. The molecule has 3 nitrogen and oxygen atoms in total. The van der Waals surface area contributed by atoms with Crippen molar-refractivity contribution in [2.75, 3.05) is 18.8 Å². The fourth-order valence-electron chi connectivity index (χ4n) is 1.58. The summed E-state index contributed by atoms with van der Waals surface area (Å²) in [4.78, 5) is 13.0. The predicted molar refractivity (Wildman–Crippen MR) is 56.5 cm³/mol. The molecule has 1 aliphatic heterocycles. The van der Waals surface area contributed by atoms with Crippen LogP contribution >= 0.6 is 11.8 Å². The van der Waals surface area contributed by atoms with Crippen molar-refractivity contribution in [3.8, 4) is 0 Å². The highest BCUT2D eigenvalue weighted by atomic mass is 32.2. The number of nitrogens with zero attached hydrogens (tertiary/aromatic N) is 1. The number of thioether (sulfide) groups is 1. The Morgan fingerprint density at radius 2 is 2.46 bits per heavy atom. The lowest BCUT2D eigenvalue weighted by Gasteiger charge is -2.22. The van der Waals surface area contributed by atoms with Crippen LogP contribution in [0.1, 0.15) is 26.2 Å². The number of carbonyl (C=O) groups is 1. The summed E-state index contributed by atoms with van der Waals surface area (Å²) in [6.07, 6.45) is 2.94. The molecule has 76 valence electrons. The largest absolute Gasteiger partial charge is 0.370 e. The lowest BCUT2D eigenvalue weighted by Crippen LogP contribution is -2.31. The van der Waals surface area contributed by atoms with E-state index >= 15 is 0 Å². The highest BCUT2D eigenvalue weighted by Gasteiger charge is 2.23. The van der Waals surface area contributed by atoms with E-state index in [1.54, 1.807) is 0 Å². The van der Waals surface area contributed by atoms with E-state index in [4.69, 9.17) is 5.73 Å². The minimum absolute atomic E-state index is 0.188. The summed E-state index contributed by atoms with van der Waals surface area (Å²) in [5.74, 6) is 1.01. The molecule has 1 amide bonds. The van der Waals surface area contributed by atoms with Crippen LogP contribution in [-0.4, -0.2) is 35.0 Å². The normalized spacial score (nSPS) is 23.6. The van der Waals surface area contributed by atoms with Crippen molar-refractivity contribution in [3.63, 3.8) is 0 Å². The fourth-order valence-corrected chi connectivity index (χ4v) is 3.01. The van der Waals surface area contributed by atoms with Crippen LogP contribution in [0.25, 0.3) is 0 Å². The van der Waals surface area contributed by atoms with Crippen LogP contribution in [0.4, 0.5) is 0 Å². The second-order valence-corrected chi connectivity index (χ2v) is 4.65. The van der Waals surface area contributed by atoms with Gasteiger partial charge in [0, 0.05) is 25.3 Å². The molecule has 0 unspecified atom stereocenters. The minimum atomic E-state index is -0.188. The molecule has 1 aliphatic rings. The van der Waals surface area contributed by atoms with E-state index in [2.05, 4.69) is 11.8 Å². The molecule has 13 heavy (non-hydrogen) atoms. The van der Waals surface area contributed by atoms with Crippen LogP contribution in [0, 0.1) is 0 Å². The van der Waals surface area contributed by atoms with Crippen molar-refractivity contribution < 1.29 is 4.79 Å². The van der Waals surface area contributed by atoms with Crippen LogP contribution in [-0.2, 0) is 4.79 Å². The molecule has 1 rings (SSSR count). The van der Waals surface area contributed by atoms with Crippen LogP contribution in [0.2, 0.25) is 0 Å². The van der Waals surface area contributed by atoms with E-state index < -0.39 is 0 Å². The van der Waals surface area contributed by atoms with Gasteiger partial charge in [-0.1, -0.05) is 13.3 Å². The summed E-state index contributed by atoms with van der Waals surface area (Å²) < 4.78 is 0. The zero-order chi connectivity index (χ0) is 9.68. The highest BCUT2D eigenvalue weighted by Crippen LogP contribution is 2.27. The molecule has 0 radical (unpaired) electrons. The van der Waals surface area contributed by atoms with E-state index in [0.717, 1.165) is 13.1 Å². The third kappa shape index (κ3) is 3.56. The second-order valence-electron chi connectivity index (χ2n) is 3.37. The number of primary amides is 1. The topological polar surface area (TPSA) is 46.3 Å². The molecule has 1 saturated heterocycles. The fraction of sp³-hybridized carbons (Fsp3) is 0.889. The smallest absolute Gasteiger partial charge is 0.218 e. The average molecular weight is 202 g/mol. The first-order valence-corrected chi connectivity index (χ1v) is 5.93. The Bertz CT molecular complexity index is 175. The van der Waals surface area contributed by atoms with Crippen LogP contribution in [0.5, 0.6) is 0 Å². The predicted octanol–water partition coefficient (Wildman–Crippen LogP) is 1.04. The van der Waals surface area contributed by atoms with Gasteiger partial charge in [0.1, 0.15) is 0 Å². The van der Waals surface area contributed by atoms with E-state index in [1.807, 2.05) is 11.8 Å². The first-order chi connectivity index (χ1) is 6.24. The van der Waals surface area contributed by atoms with Crippen molar-refractivity contribution >= 4 is 17.7 Å². The molecule has 0 aromatic rings. The molecule has 0 aliphatic carbocycles. The summed E-state index contributed by atoms with van der Waals surface area (Å²) in [5.41, 5.74) is 5.12. The van der Waals surface area contributed by atoms with Crippen molar-refractivity contribution in [2.45, 2.75) is 31.6 Å². The molecule has 0 aromatic carbocycles. The number of hydrogen-bond acceptors (Lipinski definition) is 3. The van der Waals surface area contributed by atoms with Crippen molar-refractivity contribution in [2.24, 2.45) is 5.73 Å². The molecule has 4 heteroatoms. The number of rotatable bonds is 5. The molecule has 1 heterocycles. The SMILES string of the molecule is CCC[C@H]1SCCN1CCC(N)=O. The Kier molecular flexibility index (Phi) is 4.59. The van der Waals surface area contributed by atoms with Crippen molar-refractivity contribution in [1.82, 2.24) is 4.90 Å². The van der Waals surface area contributed by atoms with E-state index in [-0.39, 0.29) is 5.91 Å². The van der Waals surface area contributed by atoms with Gasteiger partial charge in [0.25, 0.3) is 0 Å². The van der Waals surface area contributed by atoms with Gasteiger partial charge in [0.2, 0.25) is 5.91 Å². The van der Waals surface area contributed by atoms with Gasteiger partial charge in [-0.25, -0.2) is 0 Å². The molecule has 0 bridgehead atoms. The molecule has 1 fully saturated rings. The Morgan fingerprint density at radius 1 is 1.69 bits per heavy atom. The Balaban J connectivity index is 2.26. The lowest BCUT2D eigenvalue weighted by molar-refractivity contribution is -0.118. The average Bonchev–Trinajstić information content (AvgIpc) is 2.49. The molecule has 0 aromatic heterocycles. The zero-order valence-electron chi connectivity index (χ0n) is 8.16. The van der Waals surface area contributed by atoms with Gasteiger partial charge in [0.15, 0.2) is 0 Å². The highest BCUT2D eigenvalue weighted by molar-refractivity contribution is 8.00. The standard InChI is InChI=1S/C9H18N2OS/c1-2-3-9-11(6-7-13-9)5-4-8(10)12/h9H,2-7H2,1H3,(H2,10,12)/t9-/m1/s1. The number of nitrogens with two attached hydrogens (primary N) is 1. The van der Waals surface area contributed by atoms with Gasteiger partial charge in [-0.2, -0.15) is 0 Å². The Labute approximate surface area is 84.0 Å². The molecule has 2 N–H and O–H groups in total. The summed E-state index contributed by atoms with van der Waals surface area (Å²) >= 11 is 2.00. The lowest BCUT2D eigenvalue weighted by atomic mass is 10.3. The van der Waals surface area contributed by atoms with Gasteiger partial charge < -0.3 is 5.73 Å². The molecule has 1 atom stereocenters. The maximum absolute atomic E-state index is 10.6. The Morgan fingerprint density at radius 3 is 3.08 bits per heavy atom. The van der Waals surface area contributed by atoms with Crippen molar-refractivity contribution in [3.05, 3.63) is 0 Å². The number of amides is 1. The summed E-state index contributed by atoms with van der Waals surface area (Å²) in [6, 6.07) is 0. The molecular weight excluding hydrogens is 184 g/mol. The molecular formula is C9H18N2OS. The van der Waals surface area contributed by atoms with E-state index in [1.165, 1.54) is 18.6 Å². The summed E-state index contributed by atoms with van der Waals surface area (Å²) in [7, 11) is 0. The van der Waals surface area contributed by atoms with Gasteiger partial charge in [0.05, 0.1) is 5.37 Å². The number of carbonyl (C=O) groups excluding carboxylic acids is 1. The maximum Gasteiger partial charge on any atom is 0.218 e. The first-order valence-electron chi connectivity index (χ1n) is 4.88. The summed E-state index contributed by atoms with van der Waals surface area (Å²) in [6.45, 7) is 4.15. The van der Waals surface area contributed by atoms with E-state index in [0.29, 0.717) is 11.8 Å². The second kappa shape index (κ2) is 5.50. The van der Waals surface area contributed by atoms with Gasteiger partial charge in [-0.3, -0.25) is 9.69 Å². The quantitative estimate of drug-likeness (QED) is 0.724. The summed E-state index contributed by atoms with van der Waals surface area (Å²) in [5, 5.41) is 0.629. The monoisotopic (exact) mass is 202 g/mol. The van der Waals surface area contributed by atoms with Crippen LogP contribution < -0.4 is 5.73 Å². The zero-order valence-corrected chi connectivity index (χ0v) is 8.98. The third-order valence-corrected chi connectivity index (χ3v) is 3.61. The maximum atomic E-state index is 10.6. The third-order valence-electron chi connectivity index (χ3n) is 2.28. The van der Waals surface area contributed by atoms with Gasteiger partial charge in [-0.15, -0.1) is 11.8 Å².